The number of aromatic nitrogens is 2. The summed E-state index contributed by atoms with van der Waals surface area (Å²) in [6.07, 6.45) is 2.14. The van der Waals surface area contributed by atoms with Crippen LogP contribution < -0.4 is 15.5 Å². The molecule has 3 heterocycles. The molecule has 29 heavy (non-hydrogen) atoms. The van der Waals surface area contributed by atoms with Crippen LogP contribution in [0.3, 0.4) is 0 Å². The summed E-state index contributed by atoms with van der Waals surface area (Å²) in [5.74, 6) is 1.93. The van der Waals surface area contributed by atoms with Crippen LogP contribution in [-0.2, 0) is 12.0 Å². The second-order valence-corrected chi connectivity index (χ2v) is 9.29. The van der Waals surface area contributed by atoms with Crippen molar-refractivity contribution in [3.05, 3.63) is 40.0 Å². The molecule has 0 amide bonds. The van der Waals surface area contributed by atoms with Crippen molar-refractivity contribution in [2.45, 2.75) is 58.5 Å². The van der Waals surface area contributed by atoms with E-state index in [1.54, 1.807) is 11.3 Å². The number of aliphatic imine (C=N–C) groups is 1. The molecule has 6 nitrogen and oxygen atoms in total. The van der Waals surface area contributed by atoms with E-state index >= 15 is 0 Å². The zero-order valence-corrected chi connectivity index (χ0v) is 21.2. The van der Waals surface area contributed by atoms with Crippen LogP contribution in [-0.4, -0.2) is 42.1 Å². The van der Waals surface area contributed by atoms with E-state index in [2.05, 4.69) is 63.8 Å². The summed E-state index contributed by atoms with van der Waals surface area (Å²) in [6, 6.07) is 6.65. The van der Waals surface area contributed by atoms with Crippen LogP contribution >= 0.6 is 35.3 Å². The minimum Gasteiger partial charge on any atom is -0.356 e. The average Bonchev–Trinajstić information content (AvgIpc) is 3.15. The van der Waals surface area contributed by atoms with Gasteiger partial charge in [-0.1, -0.05) is 26.8 Å². The fourth-order valence-corrected chi connectivity index (χ4v) is 4.20. The summed E-state index contributed by atoms with van der Waals surface area (Å²) < 4.78 is 0. The van der Waals surface area contributed by atoms with E-state index < -0.39 is 0 Å². The number of nitrogens with one attached hydrogen (secondary N) is 2. The highest BCUT2D eigenvalue weighted by molar-refractivity contribution is 14.0. The molecule has 160 valence electrons. The van der Waals surface area contributed by atoms with Crippen molar-refractivity contribution in [3.8, 4) is 0 Å². The lowest BCUT2D eigenvalue weighted by molar-refractivity contribution is 0.459. The Morgan fingerprint density at radius 3 is 2.55 bits per heavy atom. The van der Waals surface area contributed by atoms with Crippen LogP contribution in [0.25, 0.3) is 0 Å². The number of aryl methyl sites for hydroxylation is 1. The van der Waals surface area contributed by atoms with Gasteiger partial charge in [0.1, 0.15) is 10.8 Å². The van der Waals surface area contributed by atoms with Gasteiger partial charge in [-0.05, 0) is 31.9 Å². The Bertz CT molecular complexity index is 805. The molecule has 1 aliphatic heterocycles. The lowest BCUT2D eigenvalue weighted by Gasteiger charge is -2.33. The van der Waals surface area contributed by atoms with E-state index in [4.69, 9.17) is 4.98 Å². The van der Waals surface area contributed by atoms with Crippen molar-refractivity contribution < 1.29 is 0 Å². The summed E-state index contributed by atoms with van der Waals surface area (Å²) in [4.78, 5) is 16.1. The first-order chi connectivity index (χ1) is 13.3. The van der Waals surface area contributed by atoms with Crippen molar-refractivity contribution >= 4 is 47.1 Å². The number of hydrogen-bond acceptors (Lipinski definition) is 5. The standard InChI is InChI=1S/C21H32N6S.HI/c1-15-7-6-8-18(24-15)27-11-9-16(10-12-27)25-20(22-5)23-13-19-26-17(14-28-19)21(2,3)4;/h6-8,14,16H,9-13H2,1-5H3,(H2,22,23,25);1H. The molecule has 0 aromatic carbocycles. The number of halogens is 1. The van der Waals surface area contributed by atoms with Gasteiger partial charge in [0, 0.05) is 42.7 Å². The van der Waals surface area contributed by atoms with Gasteiger partial charge in [-0.15, -0.1) is 35.3 Å². The maximum Gasteiger partial charge on any atom is 0.191 e. The molecule has 3 rings (SSSR count). The zero-order valence-electron chi connectivity index (χ0n) is 18.0. The van der Waals surface area contributed by atoms with Gasteiger partial charge in [0.2, 0.25) is 0 Å². The Hall–Kier alpha value is -1.42. The summed E-state index contributed by atoms with van der Waals surface area (Å²) in [5, 5.41) is 10.2. The Balaban J connectivity index is 0.00000300. The van der Waals surface area contributed by atoms with Crippen LogP contribution in [0, 0.1) is 6.92 Å². The van der Waals surface area contributed by atoms with E-state index in [0.29, 0.717) is 12.6 Å². The van der Waals surface area contributed by atoms with Crippen molar-refractivity contribution in [2.75, 3.05) is 25.0 Å². The number of hydrogen-bond donors (Lipinski definition) is 2. The van der Waals surface area contributed by atoms with Crippen molar-refractivity contribution in [2.24, 2.45) is 4.99 Å². The summed E-state index contributed by atoms with van der Waals surface area (Å²) >= 11 is 1.70. The molecular weight excluding hydrogens is 495 g/mol. The van der Waals surface area contributed by atoms with Gasteiger partial charge in [-0.3, -0.25) is 4.99 Å². The second kappa shape index (κ2) is 10.6. The molecule has 0 unspecified atom stereocenters. The maximum atomic E-state index is 4.74. The molecule has 0 radical (unpaired) electrons. The molecule has 8 heteroatoms. The number of guanidine groups is 1. The van der Waals surface area contributed by atoms with Gasteiger partial charge in [0.05, 0.1) is 12.2 Å². The molecule has 2 N–H and O–H groups in total. The molecule has 0 atom stereocenters. The highest BCUT2D eigenvalue weighted by Crippen LogP contribution is 2.23. The zero-order chi connectivity index (χ0) is 20.1. The molecule has 2 aromatic rings. The first-order valence-corrected chi connectivity index (χ1v) is 10.8. The molecule has 1 fully saturated rings. The van der Waals surface area contributed by atoms with E-state index in [-0.39, 0.29) is 29.4 Å². The summed E-state index contributed by atoms with van der Waals surface area (Å²) in [7, 11) is 1.82. The van der Waals surface area contributed by atoms with Crippen LogP contribution in [0.15, 0.2) is 28.6 Å². The van der Waals surface area contributed by atoms with Crippen LogP contribution in [0.2, 0.25) is 0 Å². The SMILES string of the molecule is CN=C(NCc1nc(C(C)(C)C)cs1)NC1CCN(c2cccc(C)n2)CC1.I. The van der Waals surface area contributed by atoms with Crippen molar-refractivity contribution in [1.82, 2.24) is 20.6 Å². The smallest absolute Gasteiger partial charge is 0.191 e. The molecule has 1 saturated heterocycles. The minimum atomic E-state index is 0. The fourth-order valence-electron chi connectivity index (χ4n) is 3.24. The number of piperidine rings is 1. The average molecular weight is 529 g/mol. The third kappa shape index (κ3) is 6.80. The van der Waals surface area contributed by atoms with Crippen LogP contribution in [0.5, 0.6) is 0 Å². The first kappa shape index (κ1) is 23.9. The summed E-state index contributed by atoms with van der Waals surface area (Å²) in [6.45, 7) is 11.3. The van der Waals surface area contributed by atoms with Crippen molar-refractivity contribution in [1.29, 1.82) is 0 Å². The minimum absolute atomic E-state index is 0. The topological polar surface area (TPSA) is 65.4 Å². The third-order valence-electron chi connectivity index (χ3n) is 4.98. The lowest BCUT2D eigenvalue weighted by Crippen LogP contribution is -2.48. The van der Waals surface area contributed by atoms with E-state index in [0.717, 1.165) is 54.1 Å². The number of rotatable bonds is 4. The van der Waals surface area contributed by atoms with Crippen LogP contribution in [0.1, 0.15) is 50.0 Å². The molecular formula is C21H33IN6S. The number of thiazole rings is 1. The Morgan fingerprint density at radius 2 is 1.97 bits per heavy atom. The van der Waals surface area contributed by atoms with Gasteiger partial charge < -0.3 is 15.5 Å². The highest BCUT2D eigenvalue weighted by Gasteiger charge is 2.21. The fraction of sp³-hybridized carbons (Fsp3) is 0.571. The maximum absolute atomic E-state index is 4.74. The second-order valence-electron chi connectivity index (χ2n) is 8.35. The number of nitrogens with zero attached hydrogens (tertiary/aromatic N) is 4. The molecule has 0 spiro atoms. The van der Waals surface area contributed by atoms with Crippen molar-refractivity contribution in [3.63, 3.8) is 0 Å². The lowest BCUT2D eigenvalue weighted by atomic mass is 9.93. The van der Waals surface area contributed by atoms with E-state index in [1.807, 2.05) is 20.0 Å². The monoisotopic (exact) mass is 528 g/mol. The summed E-state index contributed by atoms with van der Waals surface area (Å²) in [5.41, 5.74) is 2.31. The van der Waals surface area contributed by atoms with E-state index in [1.165, 1.54) is 0 Å². The van der Waals surface area contributed by atoms with Gasteiger partial charge in [0.25, 0.3) is 0 Å². The van der Waals surface area contributed by atoms with E-state index in [9.17, 15) is 0 Å². The molecule has 1 aliphatic rings. The van der Waals surface area contributed by atoms with Gasteiger partial charge >= 0.3 is 0 Å². The molecule has 0 bridgehead atoms. The third-order valence-corrected chi connectivity index (χ3v) is 5.83. The first-order valence-electron chi connectivity index (χ1n) is 9.96. The quantitative estimate of drug-likeness (QED) is 0.356. The highest BCUT2D eigenvalue weighted by atomic mass is 127. The molecule has 0 aliphatic carbocycles. The largest absolute Gasteiger partial charge is 0.356 e. The normalized spacial score (nSPS) is 15.8. The van der Waals surface area contributed by atoms with Gasteiger partial charge in [-0.2, -0.15) is 0 Å². The van der Waals surface area contributed by atoms with Gasteiger partial charge in [0.15, 0.2) is 5.96 Å². The Morgan fingerprint density at radius 1 is 1.24 bits per heavy atom. The molecule has 0 saturated carbocycles. The Kier molecular flexibility index (Phi) is 8.69. The van der Waals surface area contributed by atoms with Crippen LogP contribution in [0.4, 0.5) is 5.82 Å². The van der Waals surface area contributed by atoms with Gasteiger partial charge in [-0.25, -0.2) is 9.97 Å². The Labute approximate surface area is 195 Å². The molecule has 2 aromatic heterocycles. The number of pyridine rings is 1. The number of anilines is 1. The predicted octanol–water partition coefficient (Wildman–Crippen LogP) is 4.10. The predicted molar refractivity (Wildman–Crippen MR) is 134 cm³/mol.